The summed E-state index contributed by atoms with van der Waals surface area (Å²) in [6.45, 7) is 0. The Kier molecular flexibility index (Phi) is 4.90. The highest BCUT2D eigenvalue weighted by molar-refractivity contribution is 14.1. The van der Waals surface area contributed by atoms with Crippen LogP contribution in [0.3, 0.4) is 0 Å². The first-order valence-corrected chi connectivity index (χ1v) is 9.74. The molecule has 1 heterocycles. The van der Waals surface area contributed by atoms with Gasteiger partial charge in [0.1, 0.15) is 0 Å². The quantitative estimate of drug-likeness (QED) is 0.476. The number of amides is 1. The number of anilines is 1. The van der Waals surface area contributed by atoms with E-state index in [1.807, 2.05) is 18.2 Å². The lowest BCUT2D eigenvalue weighted by Crippen LogP contribution is -2.15. The summed E-state index contributed by atoms with van der Waals surface area (Å²) in [7, 11) is 0. The predicted molar refractivity (Wildman–Crippen MR) is 108 cm³/mol. The van der Waals surface area contributed by atoms with Crippen molar-refractivity contribution in [2.75, 3.05) is 5.32 Å². The number of carbonyl (C=O) groups is 1. The largest absolute Gasteiger partial charge is 0.416 e. The average molecular weight is 497 g/mol. The minimum absolute atomic E-state index is 0.118. The fourth-order valence-electron chi connectivity index (χ4n) is 3.05. The molecule has 1 saturated carbocycles. The van der Waals surface area contributed by atoms with E-state index in [-0.39, 0.29) is 11.8 Å². The molecule has 0 aliphatic heterocycles. The Bertz CT molecular complexity index is 1040. The van der Waals surface area contributed by atoms with E-state index in [2.05, 4.69) is 33.0 Å². The number of carbonyl (C=O) groups excluding carboxylic acids is 1. The lowest BCUT2D eigenvalue weighted by Gasteiger charge is -2.12. The molecule has 2 aromatic carbocycles. The van der Waals surface area contributed by atoms with E-state index in [0.717, 1.165) is 28.5 Å². The lowest BCUT2D eigenvalue weighted by molar-refractivity contribution is -0.137. The van der Waals surface area contributed by atoms with Crippen LogP contribution in [-0.2, 0) is 6.18 Å². The number of nitrogens with zero attached hydrogens (tertiary/aromatic N) is 2. The Morgan fingerprint density at radius 2 is 1.89 bits per heavy atom. The van der Waals surface area contributed by atoms with Crippen LogP contribution in [0.4, 0.5) is 18.9 Å². The summed E-state index contributed by atoms with van der Waals surface area (Å²) in [6.07, 6.45) is -1.24. The molecule has 1 amide bonds. The topological polar surface area (TPSA) is 46.9 Å². The van der Waals surface area contributed by atoms with Gasteiger partial charge in [-0.1, -0.05) is 18.2 Å². The van der Waals surface area contributed by atoms with Gasteiger partial charge in [0.15, 0.2) is 0 Å². The van der Waals surface area contributed by atoms with Crippen molar-refractivity contribution in [1.82, 2.24) is 9.78 Å². The van der Waals surface area contributed by atoms with E-state index in [0.29, 0.717) is 22.6 Å². The fraction of sp³-hybridized carbons (Fsp3) is 0.200. The summed E-state index contributed by atoms with van der Waals surface area (Å²) < 4.78 is 41.6. The number of hydrogen-bond acceptors (Lipinski definition) is 2. The molecular weight excluding hydrogens is 482 g/mol. The van der Waals surface area contributed by atoms with Gasteiger partial charge in [0, 0.05) is 9.49 Å². The van der Waals surface area contributed by atoms with Gasteiger partial charge < -0.3 is 5.32 Å². The Balaban J connectivity index is 1.71. The highest BCUT2D eigenvalue weighted by Gasteiger charge is 2.34. The molecule has 28 heavy (non-hydrogen) atoms. The third-order valence-electron chi connectivity index (χ3n) is 4.56. The highest BCUT2D eigenvalue weighted by Crippen LogP contribution is 2.43. The van der Waals surface area contributed by atoms with Crippen molar-refractivity contribution in [2.24, 2.45) is 0 Å². The number of para-hydroxylation sites is 1. The minimum Gasteiger partial charge on any atom is -0.321 e. The molecule has 0 atom stereocenters. The maximum atomic E-state index is 13.1. The van der Waals surface area contributed by atoms with E-state index < -0.39 is 11.7 Å². The number of rotatable bonds is 4. The number of halogens is 4. The number of aromatic nitrogens is 2. The van der Waals surface area contributed by atoms with Gasteiger partial charge >= 0.3 is 6.18 Å². The van der Waals surface area contributed by atoms with Gasteiger partial charge in [0.2, 0.25) is 0 Å². The second-order valence-corrected chi connectivity index (χ2v) is 7.77. The molecule has 0 unspecified atom stereocenters. The minimum atomic E-state index is -4.44. The van der Waals surface area contributed by atoms with Gasteiger partial charge in [-0.2, -0.15) is 18.3 Å². The van der Waals surface area contributed by atoms with Gasteiger partial charge in [-0.05, 0) is 65.8 Å². The zero-order valence-corrected chi connectivity index (χ0v) is 16.7. The number of hydrogen-bond donors (Lipinski definition) is 1. The van der Waals surface area contributed by atoms with Gasteiger partial charge in [-0.3, -0.25) is 4.79 Å². The number of benzene rings is 2. The van der Waals surface area contributed by atoms with Gasteiger partial charge in [0.05, 0.1) is 34.4 Å². The van der Waals surface area contributed by atoms with Crippen molar-refractivity contribution in [3.05, 3.63) is 75.1 Å². The molecule has 1 fully saturated rings. The van der Waals surface area contributed by atoms with E-state index in [1.54, 1.807) is 12.1 Å². The zero-order chi connectivity index (χ0) is 19.9. The standard InChI is InChI=1S/C20H15F3IN3O/c21-20(22,23)13-4-3-5-14(10-13)27-18(12-8-9-12)15(11-25-27)19(28)26-17-7-2-1-6-16(17)24/h1-7,10-12H,8-9H2,(H,26,28). The summed E-state index contributed by atoms with van der Waals surface area (Å²) in [6, 6.07) is 12.4. The third kappa shape index (κ3) is 3.78. The maximum absolute atomic E-state index is 13.1. The highest BCUT2D eigenvalue weighted by atomic mass is 127. The van der Waals surface area contributed by atoms with E-state index in [9.17, 15) is 18.0 Å². The monoisotopic (exact) mass is 497 g/mol. The second kappa shape index (κ2) is 7.23. The first kappa shape index (κ1) is 19.0. The summed E-state index contributed by atoms with van der Waals surface area (Å²) in [5.74, 6) is -0.197. The fourth-order valence-corrected chi connectivity index (χ4v) is 3.58. The van der Waals surface area contributed by atoms with Crippen LogP contribution in [0.5, 0.6) is 0 Å². The van der Waals surface area contributed by atoms with Gasteiger partial charge in [0.25, 0.3) is 5.91 Å². The van der Waals surface area contributed by atoms with Gasteiger partial charge in [-0.15, -0.1) is 0 Å². The number of nitrogens with one attached hydrogen (secondary N) is 1. The molecule has 1 aliphatic rings. The SMILES string of the molecule is O=C(Nc1ccccc1I)c1cnn(-c2cccc(C(F)(F)F)c2)c1C1CC1. The first-order valence-electron chi connectivity index (χ1n) is 8.66. The molecule has 0 spiro atoms. The van der Waals surface area contributed by atoms with Crippen LogP contribution in [0, 0.1) is 3.57 Å². The third-order valence-corrected chi connectivity index (χ3v) is 5.50. The zero-order valence-electron chi connectivity index (χ0n) is 14.5. The molecule has 0 saturated heterocycles. The van der Waals surface area contributed by atoms with Crippen molar-refractivity contribution >= 4 is 34.2 Å². The van der Waals surface area contributed by atoms with Crippen molar-refractivity contribution < 1.29 is 18.0 Å². The second-order valence-electron chi connectivity index (χ2n) is 6.61. The molecule has 1 aliphatic carbocycles. The Labute approximate surface area is 172 Å². The van der Waals surface area contributed by atoms with Crippen LogP contribution in [0.1, 0.15) is 40.4 Å². The predicted octanol–water partition coefficient (Wildman–Crippen LogP) is 5.63. The average Bonchev–Trinajstić information content (AvgIpc) is 3.40. The van der Waals surface area contributed by atoms with Crippen molar-refractivity contribution in [3.8, 4) is 5.69 Å². The smallest absolute Gasteiger partial charge is 0.321 e. The summed E-state index contributed by atoms with van der Waals surface area (Å²) in [5, 5.41) is 7.11. The summed E-state index contributed by atoms with van der Waals surface area (Å²) >= 11 is 2.13. The molecular formula is C20H15F3IN3O. The Hall–Kier alpha value is -2.36. The van der Waals surface area contributed by atoms with Crippen LogP contribution in [0.2, 0.25) is 0 Å². The summed E-state index contributed by atoms with van der Waals surface area (Å²) in [4.78, 5) is 12.8. The lowest BCUT2D eigenvalue weighted by atomic mass is 10.1. The molecule has 0 bridgehead atoms. The molecule has 1 aromatic heterocycles. The van der Waals surface area contributed by atoms with Crippen molar-refractivity contribution in [2.45, 2.75) is 24.9 Å². The van der Waals surface area contributed by atoms with Crippen molar-refractivity contribution in [3.63, 3.8) is 0 Å². The first-order chi connectivity index (χ1) is 13.3. The van der Waals surface area contributed by atoms with Crippen molar-refractivity contribution in [1.29, 1.82) is 0 Å². The Morgan fingerprint density at radius 3 is 2.57 bits per heavy atom. The normalized spacial score (nSPS) is 14.1. The molecule has 4 nitrogen and oxygen atoms in total. The molecule has 144 valence electrons. The maximum Gasteiger partial charge on any atom is 0.416 e. The molecule has 8 heteroatoms. The molecule has 0 radical (unpaired) electrons. The van der Waals surface area contributed by atoms with Crippen LogP contribution in [0.15, 0.2) is 54.7 Å². The van der Waals surface area contributed by atoms with Crippen LogP contribution < -0.4 is 5.32 Å². The van der Waals surface area contributed by atoms with E-state index in [4.69, 9.17) is 0 Å². The number of alkyl halides is 3. The van der Waals surface area contributed by atoms with Crippen LogP contribution in [0.25, 0.3) is 5.69 Å². The van der Waals surface area contributed by atoms with Gasteiger partial charge in [-0.25, -0.2) is 4.68 Å². The summed E-state index contributed by atoms with van der Waals surface area (Å²) in [5.41, 5.74) is 1.28. The molecule has 1 N–H and O–H groups in total. The Morgan fingerprint density at radius 1 is 1.14 bits per heavy atom. The molecule has 4 rings (SSSR count). The van der Waals surface area contributed by atoms with Crippen LogP contribution >= 0.6 is 22.6 Å². The van der Waals surface area contributed by atoms with E-state index >= 15 is 0 Å². The van der Waals surface area contributed by atoms with E-state index in [1.165, 1.54) is 16.9 Å². The molecule has 3 aromatic rings. The van der Waals surface area contributed by atoms with Crippen LogP contribution in [-0.4, -0.2) is 15.7 Å².